The molecule has 0 radical (unpaired) electrons. The predicted octanol–water partition coefficient (Wildman–Crippen LogP) is 2.49. The van der Waals surface area contributed by atoms with Gasteiger partial charge in [0.05, 0.1) is 0 Å². The van der Waals surface area contributed by atoms with Crippen LogP contribution in [0.25, 0.3) is 0 Å². The largest absolute Gasteiger partial charge is 0.382 e. The minimum atomic E-state index is -0.0908. The number of anilines is 2. The molecule has 1 aliphatic rings. The van der Waals surface area contributed by atoms with E-state index in [-0.39, 0.29) is 5.91 Å². The Morgan fingerprint density at radius 1 is 1.55 bits per heavy atom. The number of nitrogen functional groups attached to an aromatic ring is 1. The molecule has 6 heteroatoms. The Hall–Kier alpha value is -1.30. The van der Waals surface area contributed by atoms with Crippen LogP contribution < -0.4 is 16.0 Å². The Labute approximate surface area is 124 Å². The molecule has 20 heavy (non-hydrogen) atoms. The molecule has 0 spiro atoms. The van der Waals surface area contributed by atoms with Gasteiger partial charge in [0.15, 0.2) is 5.13 Å². The van der Waals surface area contributed by atoms with Crippen molar-refractivity contribution >= 4 is 28.2 Å². The van der Waals surface area contributed by atoms with Crippen LogP contribution >= 0.6 is 11.3 Å². The number of nitrogens with one attached hydrogen (secondary N) is 1. The SMILES string of the molecule is CCCN(C)c1nc(N)c(C(=O)NCCCC2CC2)s1. The Balaban J connectivity index is 1.84. The normalized spacial score (nSPS) is 14.3. The van der Waals surface area contributed by atoms with E-state index in [0.717, 1.165) is 37.0 Å². The minimum absolute atomic E-state index is 0.0908. The molecule has 1 aromatic heterocycles. The summed E-state index contributed by atoms with van der Waals surface area (Å²) in [6.07, 6.45) is 6.05. The predicted molar refractivity (Wildman–Crippen MR) is 84.4 cm³/mol. The van der Waals surface area contributed by atoms with E-state index in [0.29, 0.717) is 10.7 Å². The van der Waals surface area contributed by atoms with Crippen molar-refractivity contribution in [2.75, 3.05) is 30.8 Å². The highest BCUT2D eigenvalue weighted by atomic mass is 32.1. The van der Waals surface area contributed by atoms with Crippen molar-refractivity contribution in [2.24, 2.45) is 5.92 Å². The van der Waals surface area contributed by atoms with Crippen LogP contribution in [-0.4, -0.2) is 31.0 Å². The van der Waals surface area contributed by atoms with Gasteiger partial charge in [0.2, 0.25) is 0 Å². The maximum atomic E-state index is 12.1. The Morgan fingerprint density at radius 2 is 2.30 bits per heavy atom. The zero-order valence-electron chi connectivity index (χ0n) is 12.3. The molecule has 0 saturated heterocycles. The zero-order valence-corrected chi connectivity index (χ0v) is 13.1. The van der Waals surface area contributed by atoms with Crippen molar-refractivity contribution in [3.8, 4) is 0 Å². The number of nitrogens with two attached hydrogens (primary N) is 1. The molecule has 1 heterocycles. The van der Waals surface area contributed by atoms with E-state index in [2.05, 4.69) is 17.2 Å². The van der Waals surface area contributed by atoms with Crippen LogP contribution in [0.15, 0.2) is 0 Å². The maximum absolute atomic E-state index is 12.1. The molecule has 0 bridgehead atoms. The molecular formula is C14H24N4OS. The molecule has 0 unspecified atom stereocenters. The second kappa shape index (κ2) is 6.92. The Bertz CT molecular complexity index is 456. The van der Waals surface area contributed by atoms with Crippen LogP contribution in [0.2, 0.25) is 0 Å². The summed E-state index contributed by atoms with van der Waals surface area (Å²) in [5, 5.41) is 3.75. The molecule has 1 aromatic rings. The molecule has 112 valence electrons. The van der Waals surface area contributed by atoms with Gasteiger partial charge in [-0.3, -0.25) is 4.79 Å². The summed E-state index contributed by atoms with van der Waals surface area (Å²) in [5.74, 6) is 1.16. The minimum Gasteiger partial charge on any atom is -0.382 e. The first-order valence-electron chi connectivity index (χ1n) is 7.37. The molecular weight excluding hydrogens is 272 g/mol. The summed E-state index contributed by atoms with van der Waals surface area (Å²) >= 11 is 1.37. The number of hydrogen-bond acceptors (Lipinski definition) is 5. The fourth-order valence-electron chi connectivity index (χ4n) is 2.16. The molecule has 0 aromatic carbocycles. The fraction of sp³-hybridized carbons (Fsp3) is 0.714. The summed E-state index contributed by atoms with van der Waals surface area (Å²) in [6, 6.07) is 0. The first-order valence-corrected chi connectivity index (χ1v) is 8.19. The smallest absolute Gasteiger partial charge is 0.265 e. The van der Waals surface area contributed by atoms with Gasteiger partial charge in [0, 0.05) is 20.1 Å². The molecule has 5 nitrogen and oxygen atoms in total. The summed E-state index contributed by atoms with van der Waals surface area (Å²) in [7, 11) is 1.97. The number of aromatic nitrogens is 1. The van der Waals surface area contributed by atoms with E-state index >= 15 is 0 Å². The van der Waals surface area contributed by atoms with Gasteiger partial charge < -0.3 is 16.0 Å². The van der Waals surface area contributed by atoms with E-state index < -0.39 is 0 Å². The topological polar surface area (TPSA) is 71.2 Å². The van der Waals surface area contributed by atoms with Gasteiger partial charge in [-0.05, 0) is 25.2 Å². The summed E-state index contributed by atoms with van der Waals surface area (Å²) in [4.78, 5) is 18.9. The number of rotatable bonds is 8. The van der Waals surface area contributed by atoms with E-state index in [1.165, 1.54) is 30.6 Å². The summed E-state index contributed by atoms with van der Waals surface area (Å²) in [5.41, 5.74) is 5.85. The average Bonchev–Trinajstić information content (AvgIpc) is 3.16. The third kappa shape index (κ3) is 4.10. The fourth-order valence-corrected chi connectivity index (χ4v) is 3.05. The van der Waals surface area contributed by atoms with Crippen molar-refractivity contribution in [3.63, 3.8) is 0 Å². The van der Waals surface area contributed by atoms with Crippen molar-refractivity contribution in [1.82, 2.24) is 10.3 Å². The van der Waals surface area contributed by atoms with Crippen LogP contribution in [0.4, 0.5) is 10.9 Å². The number of carbonyl (C=O) groups is 1. The van der Waals surface area contributed by atoms with Crippen LogP contribution in [0.3, 0.4) is 0 Å². The zero-order chi connectivity index (χ0) is 14.5. The lowest BCUT2D eigenvalue weighted by Gasteiger charge is -2.13. The second-order valence-corrected chi connectivity index (χ2v) is 6.45. The van der Waals surface area contributed by atoms with Gasteiger partial charge in [-0.2, -0.15) is 0 Å². The second-order valence-electron chi connectivity index (χ2n) is 5.47. The molecule has 2 rings (SSSR count). The molecule has 0 atom stereocenters. The van der Waals surface area contributed by atoms with Gasteiger partial charge in [0.1, 0.15) is 10.7 Å². The number of amides is 1. The lowest BCUT2D eigenvalue weighted by Crippen LogP contribution is -2.24. The van der Waals surface area contributed by atoms with Gasteiger partial charge >= 0.3 is 0 Å². The lowest BCUT2D eigenvalue weighted by atomic mass is 10.2. The van der Waals surface area contributed by atoms with Crippen molar-refractivity contribution in [2.45, 2.75) is 39.0 Å². The van der Waals surface area contributed by atoms with Crippen molar-refractivity contribution < 1.29 is 4.79 Å². The van der Waals surface area contributed by atoms with E-state index in [1.807, 2.05) is 11.9 Å². The highest BCUT2D eigenvalue weighted by Crippen LogP contribution is 2.33. The molecule has 1 aliphatic carbocycles. The highest BCUT2D eigenvalue weighted by Gasteiger charge is 2.21. The number of nitrogens with zero attached hydrogens (tertiary/aromatic N) is 2. The number of hydrogen-bond donors (Lipinski definition) is 2. The van der Waals surface area contributed by atoms with E-state index in [1.54, 1.807) is 0 Å². The number of carbonyl (C=O) groups excluding carboxylic acids is 1. The van der Waals surface area contributed by atoms with Crippen LogP contribution in [0.5, 0.6) is 0 Å². The van der Waals surface area contributed by atoms with Crippen LogP contribution in [0.1, 0.15) is 48.7 Å². The van der Waals surface area contributed by atoms with Gasteiger partial charge in [-0.15, -0.1) is 0 Å². The third-order valence-corrected chi connectivity index (χ3v) is 4.69. The standard InChI is InChI=1S/C14H24N4OS/c1-3-9-18(2)14-17-12(15)11(20-14)13(19)16-8-4-5-10-6-7-10/h10H,3-9,15H2,1-2H3,(H,16,19). The lowest BCUT2D eigenvalue weighted by molar-refractivity contribution is 0.0957. The van der Waals surface area contributed by atoms with Crippen molar-refractivity contribution in [1.29, 1.82) is 0 Å². The van der Waals surface area contributed by atoms with Gasteiger partial charge in [0.25, 0.3) is 5.91 Å². The Morgan fingerprint density at radius 3 is 2.95 bits per heavy atom. The highest BCUT2D eigenvalue weighted by molar-refractivity contribution is 7.18. The first kappa shape index (κ1) is 15.1. The number of thiazole rings is 1. The third-order valence-electron chi connectivity index (χ3n) is 3.51. The van der Waals surface area contributed by atoms with E-state index in [9.17, 15) is 4.79 Å². The van der Waals surface area contributed by atoms with Crippen molar-refractivity contribution in [3.05, 3.63) is 4.88 Å². The Kier molecular flexibility index (Phi) is 5.23. The maximum Gasteiger partial charge on any atom is 0.265 e. The molecule has 0 aliphatic heterocycles. The van der Waals surface area contributed by atoms with Crippen LogP contribution in [-0.2, 0) is 0 Å². The van der Waals surface area contributed by atoms with Gasteiger partial charge in [-0.25, -0.2) is 4.98 Å². The summed E-state index contributed by atoms with van der Waals surface area (Å²) in [6.45, 7) is 3.75. The molecule has 3 N–H and O–H groups in total. The van der Waals surface area contributed by atoms with Gasteiger partial charge in [-0.1, -0.05) is 31.1 Å². The monoisotopic (exact) mass is 296 g/mol. The average molecular weight is 296 g/mol. The molecule has 1 saturated carbocycles. The summed E-state index contributed by atoms with van der Waals surface area (Å²) < 4.78 is 0. The molecule has 1 amide bonds. The quantitative estimate of drug-likeness (QED) is 0.723. The van der Waals surface area contributed by atoms with Crippen LogP contribution in [0, 0.1) is 5.92 Å². The molecule has 1 fully saturated rings. The first-order chi connectivity index (χ1) is 9.61. The van der Waals surface area contributed by atoms with E-state index in [4.69, 9.17) is 5.73 Å².